The van der Waals surface area contributed by atoms with Crippen LogP contribution in [-0.2, 0) is 4.74 Å². The molecule has 1 fully saturated rings. The fourth-order valence-electron chi connectivity index (χ4n) is 2.35. The van der Waals surface area contributed by atoms with E-state index in [4.69, 9.17) is 4.74 Å². The summed E-state index contributed by atoms with van der Waals surface area (Å²) in [5, 5.41) is 3.86. The van der Waals surface area contributed by atoms with E-state index in [-0.39, 0.29) is 18.1 Å². The van der Waals surface area contributed by atoms with Crippen molar-refractivity contribution in [1.29, 1.82) is 0 Å². The van der Waals surface area contributed by atoms with Gasteiger partial charge in [-0.1, -0.05) is 0 Å². The number of carbonyl (C=O) groups is 1. The number of nitrogens with zero attached hydrogens (tertiary/aromatic N) is 2. The number of ether oxygens (including phenoxy) is 1. The van der Waals surface area contributed by atoms with Crippen LogP contribution in [0.25, 0.3) is 0 Å². The molecule has 0 aliphatic carbocycles. The number of amides is 1. The van der Waals surface area contributed by atoms with E-state index < -0.39 is 0 Å². The Balaban J connectivity index is 1.73. The zero-order valence-electron chi connectivity index (χ0n) is 11.7. The van der Waals surface area contributed by atoms with E-state index >= 15 is 0 Å². The van der Waals surface area contributed by atoms with Crippen LogP contribution in [0.5, 0.6) is 0 Å². The summed E-state index contributed by atoms with van der Waals surface area (Å²) < 4.78 is 5.68. The Morgan fingerprint density at radius 3 is 2.79 bits per heavy atom. The number of hydrogen-bond acceptors (Lipinski definition) is 5. The van der Waals surface area contributed by atoms with Gasteiger partial charge in [0.1, 0.15) is 4.88 Å². The first kappa shape index (κ1) is 14.4. The van der Waals surface area contributed by atoms with Crippen LogP contribution in [0.4, 0.5) is 0 Å². The molecule has 6 heteroatoms. The molecule has 106 valence electrons. The highest BCUT2D eigenvalue weighted by molar-refractivity contribution is 7.13. The van der Waals surface area contributed by atoms with Crippen molar-refractivity contribution >= 4 is 17.2 Å². The molecular weight excluding hydrogens is 262 g/mol. The van der Waals surface area contributed by atoms with Gasteiger partial charge in [0, 0.05) is 26.2 Å². The van der Waals surface area contributed by atoms with Crippen molar-refractivity contribution in [3.05, 3.63) is 16.1 Å². The molecule has 5 nitrogen and oxygen atoms in total. The van der Waals surface area contributed by atoms with Crippen molar-refractivity contribution in [2.75, 3.05) is 26.2 Å². The molecule has 1 aromatic rings. The maximum Gasteiger partial charge on any atom is 0.263 e. The normalized spacial score (nSPS) is 24.4. The average molecular weight is 283 g/mol. The van der Waals surface area contributed by atoms with Crippen molar-refractivity contribution in [2.24, 2.45) is 0 Å². The van der Waals surface area contributed by atoms with E-state index in [0.717, 1.165) is 24.6 Å². The second kappa shape index (κ2) is 6.45. The Kier molecular flexibility index (Phi) is 4.90. The quantitative estimate of drug-likeness (QED) is 0.905. The maximum absolute atomic E-state index is 11.8. The summed E-state index contributed by atoms with van der Waals surface area (Å²) in [5.41, 5.74) is 0. The molecule has 1 N–H and O–H groups in total. The molecule has 2 heterocycles. The fraction of sp³-hybridized carbons (Fsp3) is 0.692. The third-order valence-electron chi connectivity index (χ3n) is 3.05. The second-order valence-electron chi connectivity index (χ2n) is 5.02. The number of aryl methyl sites for hydroxylation is 1. The molecule has 19 heavy (non-hydrogen) atoms. The molecule has 1 saturated heterocycles. The van der Waals surface area contributed by atoms with Crippen LogP contribution in [0.1, 0.15) is 28.5 Å². The zero-order valence-corrected chi connectivity index (χ0v) is 12.5. The molecule has 1 aromatic heterocycles. The van der Waals surface area contributed by atoms with Gasteiger partial charge in [-0.15, -0.1) is 11.3 Å². The van der Waals surface area contributed by atoms with E-state index in [1.165, 1.54) is 11.3 Å². The van der Waals surface area contributed by atoms with Gasteiger partial charge in [0.15, 0.2) is 0 Å². The lowest BCUT2D eigenvalue weighted by molar-refractivity contribution is -0.0672. The number of carbonyl (C=O) groups excluding carboxylic acids is 1. The molecule has 0 spiro atoms. The topological polar surface area (TPSA) is 54.5 Å². The van der Waals surface area contributed by atoms with E-state index in [9.17, 15) is 4.79 Å². The molecule has 0 bridgehead atoms. The molecule has 2 atom stereocenters. The van der Waals surface area contributed by atoms with Crippen molar-refractivity contribution in [1.82, 2.24) is 15.2 Å². The van der Waals surface area contributed by atoms with Crippen LogP contribution in [0.2, 0.25) is 0 Å². The summed E-state index contributed by atoms with van der Waals surface area (Å²) in [6.07, 6.45) is 2.17. The van der Waals surface area contributed by atoms with Crippen LogP contribution >= 0.6 is 11.3 Å². The fourth-order valence-corrected chi connectivity index (χ4v) is 3.04. The zero-order chi connectivity index (χ0) is 13.8. The van der Waals surface area contributed by atoms with Crippen molar-refractivity contribution in [2.45, 2.75) is 33.0 Å². The minimum atomic E-state index is -0.0278. The molecule has 0 unspecified atom stereocenters. The average Bonchev–Trinajstić information content (AvgIpc) is 2.74. The van der Waals surface area contributed by atoms with Crippen LogP contribution in [-0.4, -0.2) is 54.2 Å². The van der Waals surface area contributed by atoms with Gasteiger partial charge in [-0.25, -0.2) is 4.98 Å². The van der Waals surface area contributed by atoms with Crippen molar-refractivity contribution in [3.8, 4) is 0 Å². The Morgan fingerprint density at radius 1 is 1.53 bits per heavy atom. The van der Waals surface area contributed by atoms with E-state index in [1.807, 2.05) is 6.92 Å². The molecule has 1 aliphatic rings. The molecular formula is C13H21N3O2S. The number of aromatic nitrogens is 1. The van der Waals surface area contributed by atoms with E-state index in [1.54, 1.807) is 6.20 Å². The van der Waals surface area contributed by atoms with Crippen LogP contribution < -0.4 is 5.32 Å². The van der Waals surface area contributed by atoms with Crippen LogP contribution in [0, 0.1) is 6.92 Å². The standard InChI is InChI=1S/C13H21N3O2S/c1-9-7-16(8-10(2)18-9)5-4-14-13(17)12-6-15-11(3)19-12/h6,9-10H,4-5,7-8H2,1-3H3,(H,14,17)/t9-,10-/m0/s1. The first-order valence-corrected chi connectivity index (χ1v) is 7.44. The Hall–Kier alpha value is -0.980. The van der Waals surface area contributed by atoms with Gasteiger partial charge < -0.3 is 10.1 Å². The Morgan fingerprint density at radius 2 is 2.21 bits per heavy atom. The summed E-state index contributed by atoms with van der Waals surface area (Å²) in [4.78, 5) is 18.9. The Labute approximate surface area is 118 Å². The lowest BCUT2D eigenvalue weighted by atomic mass is 10.2. The van der Waals surface area contributed by atoms with Gasteiger partial charge in [0.25, 0.3) is 5.91 Å². The number of nitrogens with one attached hydrogen (secondary N) is 1. The second-order valence-corrected chi connectivity index (χ2v) is 6.25. The van der Waals surface area contributed by atoms with E-state index in [0.29, 0.717) is 11.4 Å². The van der Waals surface area contributed by atoms with Gasteiger partial charge in [0.05, 0.1) is 23.4 Å². The van der Waals surface area contributed by atoms with E-state index in [2.05, 4.69) is 29.0 Å². The maximum atomic E-state index is 11.8. The summed E-state index contributed by atoms with van der Waals surface area (Å²) >= 11 is 1.43. The summed E-state index contributed by atoms with van der Waals surface area (Å²) in [5.74, 6) is -0.0278. The SMILES string of the molecule is Cc1ncc(C(=O)NCCN2C[C@H](C)O[C@@H](C)C2)s1. The van der Waals surface area contributed by atoms with Crippen LogP contribution in [0.15, 0.2) is 6.20 Å². The minimum Gasteiger partial charge on any atom is -0.373 e. The molecule has 2 rings (SSSR count). The molecule has 0 aromatic carbocycles. The third-order valence-corrected chi connectivity index (χ3v) is 3.97. The molecule has 0 radical (unpaired) electrons. The number of thiazole rings is 1. The highest BCUT2D eigenvalue weighted by atomic mass is 32.1. The third kappa shape index (κ3) is 4.26. The minimum absolute atomic E-state index is 0.0278. The lowest BCUT2D eigenvalue weighted by Gasteiger charge is -2.35. The Bertz CT molecular complexity index is 425. The summed E-state index contributed by atoms with van der Waals surface area (Å²) in [7, 11) is 0. The first-order chi connectivity index (χ1) is 9.04. The van der Waals surface area contributed by atoms with Crippen LogP contribution in [0.3, 0.4) is 0 Å². The molecule has 1 amide bonds. The number of morpholine rings is 1. The van der Waals surface area contributed by atoms with Gasteiger partial charge in [-0.05, 0) is 20.8 Å². The monoisotopic (exact) mass is 283 g/mol. The largest absolute Gasteiger partial charge is 0.373 e. The van der Waals surface area contributed by atoms with Crippen molar-refractivity contribution in [3.63, 3.8) is 0 Å². The summed E-state index contributed by atoms with van der Waals surface area (Å²) in [6, 6.07) is 0. The van der Waals surface area contributed by atoms with Gasteiger partial charge in [0.2, 0.25) is 0 Å². The molecule has 1 aliphatic heterocycles. The molecule has 0 saturated carbocycles. The van der Waals surface area contributed by atoms with Gasteiger partial charge >= 0.3 is 0 Å². The highest BCUT2D eigenvalue weighted by Gasteiger charge is 2.21. The lowest BCUT2D eigenvalue weighted by Crippen LogP contribution is -2.47. The van der Waals surface area contributed by atoms with Gasteiger partial charge in [-0.2, -0.15) is 0 Å². The first-order valence-electron chi connectivity index (χ1n) is 6.63. The number of rotatable bonds is 4. The number of hydrogen-bond donors (Lipinski definition) is 1. The van der Waals surface area contributed by atoms with Gasteiger partial charge in [-0.3, -0.25) is 9.69 Å². The smallest absolute Gasteiger partial charge is 0.263 e. The predicted molar refractivity (Wildman–Crippen MR) is 75.6 cm³/mol. The van der Waals surface area contributed by atoms with Crippen molar-refractivity contribution < 1.29 is 9.53 Å². The summed E-state index contributed by atoms with van der Waals surface area (Å²) in [6.45, 7) is 9.46. The highest BCUT2D eigenvalue weighted by Crippen LogP contribution is 2.11. The predicted octanol–water partition coefficient (Wildman–Crippen LogP) is 1.29.